The Hall–Kier alpha value is -2.68. The van der Waals surface area contributed by atoms with Gasteiger partial charge in [0.1, 0.15) is 18.5 Å². The van der Waals surface area contributed by atoms with Crippen LogP contribution in [0.15, 0.2) is 65.6 Å². The molecule has 31 heavy (non-hydrogen) atoms. The van der Waals surface area contributed by atoms with Crippen LogP contribution in [0.5, 0.6) is 5.75 Å². The molecule has 0 aliphatic heterocycles. The highest BCUT2D eigenvalue weighted by atomic mass is 32.2. The standard InChI is InChI=1S/C23H28O7S/c1-17-4-10-21(11-5-17)31(26,27)15-14-29-23(25)13-12-22(18(2)24)30-16-19-6-8-20(28-3)9-7-19/h4-13,18,22,24H,14-16H2,1-3H3/b13-12+/t18-,22+/m0/s1. The normalized spacial score (nSPS) is 13.7. The van der Waals surface area contributed by atoms with Crippen molar-refractivity contribution in [2.75, 3.05) is 19.5 Å². The first-order chi connectivity index (χ1) is 14.7. The van der Waals surface area contributed by atoms with Crippen molar-refractivity contribution in [1.82, 2.24) is 0 Å². The van der Waals surface area contributed by atoms with Crippen LogP contribution in [0, 0.1) is 6.92 Å². The molecule has 0 spiro atoms. The van der Waals surface area contributed by atoms with E-state index in [4.69, 9.17) is 14.2 Å². The van der Waals surface area contributed by atoms with Crippen molar-refractivity contribution in [3.8, 4) is 5.75 Å². The largest absolute Gasteiger partial charge is 0.497 e. The van der Waals surface area contributed by atoms with E-state index in [0.717, 1.165) is 23.0 Å². The van der Waals surface area contributed by atoms with Gasteiger partial charge in [-0.05, 0) is 49.8 Å². The first-order valence-electron chi connectivity index (χ1n) is 9.78. The third kappa shape index (κ3) is 8.16. The Kier molecular flexibility index (Phi) is 9.23. The molecule has 0 saturated carbocycles. The van der Waals surface area contributed by atoms with Gasteiger partial charge in [0.2, 0.25) is 0 Å². The van der Waals surface area contributed by atoms with Gasteiger partial charge in [-0.3, -0.25) is 0 Å². The summed E-state index contributed by atoms with van der Waals surface area (Å²) >= 11 is 0. The van der Waals surface area contributed by atoms with E-state index in [2.05, 4.69) is 0 Å². The zero-order valence-electron chi connectivity index (χ0n) is 17.9. The van der Waals surface area contributed by atoms with Crippen molar-refractivity contribution < 1.29 is 32.5 Å². The van der Waals surface area contributed by atoms with Gasteiger partial charge in [0.05, 0.1) is 30.5 Å². The minimum absolute atomic E-state index is 0.186. The van der Waals surface area contributed by atoms with E-state index in [9.17, 15) is 18.3 Å². The molecule has 2 atom stereocenters. The van der Waals surface area contributed by atoms with Gasteiger partial charge in [-0.2, -0.15) is 0 Å². The second-order valence-electron chi connectivity index (χ2n) is 7.02. The van der Waals surface area contributed by atoms with E-state index in [1.807, 2.05) is 19.1 Å². The topological polar surface area (TPSA) is 99.1 Å². The smallest absolute Gasteiger partial charge is 0.330 e. The van der Waals surface area contributed by atoms with Gasteiger partial charge in [0.15, 0.2) is 9.84 Å². The Morgan fingerprint density at radius 3 is 2.32 bits per heavy atom. The molecule has 0 aliphatic rings. The number of methoxy groups -OCH3 is 1. The Morgan fingerprint density at radius 1 is 1.10 bits per heavy atom. The van der Waals surface area contributed by atoms with Crippen molar-refractivity contribution in [1.29, 1.82) is 0 Å². The van der Waals surface area contributed by atoms with Gasteiger partial charge in [-0.1, -0.05) is 29.8 Å². The number of aliphatic hydroxyl groups excluding tert-OH is 1. The fraction of sp³-hybridized carbons (Fsp3) is 0.348. The molecule has 0 aromatic heterocycles. The molecule has 0 fully saturated rings. The second kappa shape index (κ2) is 11.6. The number of carbonyl (C=O) groups is 1. The quantitative estimate of drug-likeness (QED) is 0.417. The molecular formula is C23H28O7S. The van der Waals surface area contributed by atoms with Crippen LogP contribution < -0.4 is 4.74 Å². The molecule has 7 nitrogen and oxygen atoms in total. The molecule has 168 valence electrons. The van der Waals surface area contributed by atoms with Crippen LogP contribution in [0.2, 0.25) is 0 Å². The zero-order valence-corrected chi connectivity index (χ0v) is 18.7. The van der Waals surface area contributed by atoms with Crippen LogP contribution in [0.3, 0.4) is 0 Å². The molecule has 0 heterocycles. The summed E-state index contributed by atoms with van der Waals surface area (Å²) in [4.78, 5) is 12.1. The second-order valence-corrected chi connectivity index (χ2v) is 9.13. The predicted molar refractivity (Wildman–Crippen MR) is 117 cm³/mol. The van der Waals surface area contributed by atoms with Gasteiger partial charge in [-0.15, -0.1) is 0 Å². The van der Waals surface area contributed by atoms with Gasteiger partial charge >= 0.3 is 5.97 Å². The molecule has 0 unspecified atom stereocenters. The van der Waals surface area contributed by atoms with Gasteiger partial charge in [0, 0.05) is 6.08 Å². The zero-order chi connectivity index (χ0) is 22.9. The van der Waals surface area contributed by atoms with E-state index in [-0.39, 0.29) is 23.9 Å². The number of sulfone groups is 1. The summed E-state index contributed by atoms with van der Waals surface area (Å²) in [5, 5.41) is 9.89. The van der Waals surface area contributed by atoms with E-state index >= 15 is 0 Å². The van der Waals surface area contributed by atoms with Crippen molar-refractivity contribution in [2.45, 2.75) is 37.6 Å². The first-order valence-corrected chi connectivity index (χ1v) is 11.4. The molecule has 2 aromatic carbocycles. The lowest BCUT2D eigenvalue weighted by Crippen LogP contribution is -2.24. The third-order valence-electron chi connectivity index (χ3n) is 4.48. The summed E-state index contributed by atoms with van der Waals surface area (Å²) in [5.74, 6) is -0.302. The maximum Gasteiger partial charge on any atom is 0.330 e. The molecule has 0 bridgehead atoms. The van der Waals surface area contributed by atoms with Gasteiger partial charge < -0.3 is 19.3 Å². The van der Waals surface area contributed by atoms with E-state index < -0.39 is 28.0 Å². The number of hydrogen-bond donors (Lipinski definition) is 1. The van der Waals surface area contributed by atoms with E-state index in [1.165, 1.54) is 18.2 Å². The number of benzene rings is 2. The van der Waals surface area contributed by atoms with E-state index in [0.29, 0.717) is 0 Å². The van der Waals surface area contributed by atoms with Gasteiger partial charge in [-0.25, -0.2) is 13.2 Å². The minimum atomic E-state index is -3.54. The number of carbonyl (C=O) groups excluding carboxylic acids is 1. The molecule has 0 radical (unpaired) electrons. The average Bonchev–Trinajstić information content (AvgIpc) is 2.74. The number of rotatable bonds is 11. The van der Waals surface area contributed by atoms with Crippen LogP contribution in [0.1, 0.15) is 18.1 Å². The Balaban J connectivity index is 1.83. The molecule has 0 aliphatic carbocycles. The van der Waals surface area contributed by atoms with E-state index in [1.54, 1.807) is 38.3 Å². The monoisotopic (exact) mass is 448 g/mol. The van der Waals surface area contributed by atoms with Crippen molar-refractivity contribution in [3.05, 3.63) is 71.8 Å². The Bertz CT molecular complexity index is 962. The highest BCUT2D eigenvalue weighted by molar-refractivity contribution is 7.91. The highest BCUT2D eigenvalue weighted by Gasteiger charge is 2.16. The lowest BCUT2D eigenvalue weighted by molar-refractivity contribution is -0.137. The molecule has 8 heteroatoms. The summed E-state index contributed by atoms with van der Waals surface area (Å²) in [5.41, 5.74) is 1.83. The maximum atomic E-state index is 12.3. The summed E-state index contributed by atoms with van der Waals surface area (Å²) in [6.07, 6.45) is 0.935. The van der Waals surface area contributed by atoms with Crippen LogP contribution in [0.25, 0.3) is 0 Å². The number of aryl methyl sites for hydroxylation is 1. The lowest BCUT2D eigenvalue weighted by Gasteiger charge is -2.17. The Labute approximate surface area is 183 Å². The SMILES string of the molecule is COc1ccc(CO[C@H](/C=C/C(=O)OCCS(=O)(=O)c2ccc(C)cc2)[C@H](C)O)cc1. The summed E-state index contributed by atoms with van der Waals surface area (Å²) in [7, 11) is -1.96. The minimum Gasteiger partial charge on any atom is -0.497 e. The third-order valence-corrected chi connectivity index (χ3v) is 6.17. The number of aliphatic hydroxyl groups is 1. The number of esters is 1. The van der Waals surface area contributed by atoms with Crippen LogP contribution in [0.4, 0.5) is 0 Å². The lowest BCUT2D eigenvalue weighted by atomic mass is 10.2. The molecular weight excluding hydrogens is 420 g/mol. The van der Waals surface area contributed by atoms with Crippen molar-refractivity contribution >= 4 is 15.8 Å². The van der Waals surface area contributed by atoms with Crippen molar-refractivity contribution in [3.63, 3.8) is 0 Å². The van der Waals surface area contributed by atoms with Crippen LogP contribution in [-0.4, -0.2) is 51.2 Å². The van der Waals surface area contributed by atoms with Crippen molar-refractivity contribution in [2.24, 2.45) is 0 Å². The highest BCUT2D eigenvalue weighted by Crippen LogP contribution is 2.14. The Morgan fingerprint density at radius 2 is 1.74 bits per heavy atom. The first kappa shape index (κ1) is 24.6. The molecule has 0 saturated heterocycles. The van der Waals surface area contributed by atoms with Crippen LogP contribution in [-0.2, 0) is 30.7 Å². The van der Waals surface area contributed by atoms with Gasteiger partial charge in [0.25, 0.3) is 0 Å². The predicted octanol–water partition coefficient (Wildman–Crippen LogP) is 2.84. The number of hydrogen-bond acceptors (Lipinski definition) is 7. The molecule has 0 amide bonds. The molecule has 2 rings (SSSR count). The maximum absolute atomic E-state index is 12.3. The summed E-state index contributed by atoms with van der Waals surface area (Å²) in [6, 6.07) is 13.8. The fourth-order valence-corrected chi connectivity index (χ4v) is 3.70. The van der Waals surface area contributed by atoms with Crippen LogP contribution >= 0.6 is 0 Å². The fourth-order valence-electron chi connectivity index (χ4n) is 2.61. The molecule has 2 aromatic rings. The number of ether oxygens (including phenoxy) is 3. The summed E-state index contributed by atoms with van der Waals surface area (Å²) in [6.45, 7) is 3.37. The molecule has 1 N–H and O–H groups in total. The summed E-state index contributed by atoms with van der Waals surface area (Å²) < 4.78 is 40.3. The average molecular weight is 449 g/mol.